The molecule has 0 spiro atoms. The number of ether oxygens (including phenoxy) is 2. The average Bonchev–Trinajstić information content (AvgIpc) is 2.93. The van der Waals surface area contributed by atoms with E-state index in [1.54, 1.807) is 12.1 Å². The fourth-order valence-electron chi connectivity index (χ4n) is 4.50. The molecule has 1 fully saturated rings. The molecule has 1 N–H and O–H groups in total. The molecule has 1 aliphatic rings. The molecule has 0 aromatic heterocycles. The van der Waals surface area contributed by atoms with Crippen LogP contribution in [0.4, 0.5) is 0 Å². The summed E-state index contributed by atoms with van der Waals surface area (Å²) in [6.07, 6.45) is 1.35. The summed E-state index contributed by atoms with van der Waals surface area (Å²) in [5.41, 5.74) is 1.65. The van der Waals surface area contributed by atoms with Crippen LogP contribution < -0.4 is 10.1 Å². The first-order valence-electron chi connectivity index (χ1n) is 12.1. The predicted octanol–water partition coefficient (Wildman–Crippen LogP) is 4.00. The van der Waals surface area contributed by atoms with Crippen LogP contribution in [0.25, 0.3) is 0 Å². The van der Waals surface area contributed by atoms with Crippen molar-refractivity contribution in [3.05, 3.63) is 96.1 Å². The van der Waals surface area contributed by atoms with Gasteiger partial charge < -0.3 is 14.8 Å². The van der Waals surface area contributed by atoms with Crippen molar-refractivity contribution < 1.29 is 22.7 Å². The molecule has 0 bridgehead atoms. The van der Waals surface area contributed by atoms with E-state index >= 15 is 0 Å². The normalized spacial score (nSPS) is 15.4. The molecular formula is C28H32N2O5S. The van der Waals surface area contributed by atoms with Crippen LogP contribution in [0.15, 0.2) is 89.8 Å². The number of methoxy groups -OCH3 is 1. The van der Waals surface area contributed by atoms with Gasteiger partial charge in [0, 0.05) is 6.54 Å². The number of nitrogens with one attached hydrogen (secondary N) is 1. The maximum absolute atomic E-state index is 14.1. The van der Waals surface area contributed by atoms with Gasteiger partial charge in [-0.25, -0.2) is 8.42 Å². The summed E-state index contributed by atoms with van der Waals surface area (Å²) in [5, 5.41) is 3.30. The van der Waals surface area contributed by atoms with E-state index in [4.69, 9.17) is 9.47 Å². The molecule has 7 nitrogen and oxygen atoms in total. The number of nitrogens with zero attached hydrogens (tertiary/aromatic N) is 1. The fraction of sp³-hybridized carbons (Fsp3) is 0.321. The van der Waals surface area contributed by atoms with Crippen molar-refractivity contribution in [1.29, 1.82) is 0 Å². The van der Waals surface area contributed by atoms with Gasteiger partial charge in [0.1, 0.15) is 18.4 Å². The standard InChI is InChI=1S/C28H32N2O5S/c1-34-25-12-14-26(15-13-25)36(32,33)30(20-22-8-4-2-5-9-22)27(24-16-18-29-19-17-24)28(31)35-21-23-10-6-3-7-11-23/h2-15,24,27,29H,16-21H2,1H3. The topological polar surface area (TPSA) is 84.9 Å². The molecule has 3 aromatic rings. The van der Waals surface area contributed by atoms with Gasteiger partial charge in [0.15, 0.2) is 0 Å². The lowest BCUT2D eigenvalue weighted by Gasteiger charge is -2.36. The van der Waals surface area contributed by atoms with Gasteiger partial charge in [-0.2, -0.15) is 4.31 Å². The minimum absolute atomic E-state index is 0.0598. The van der Waals surface area contributed by atoms with E-state index in [-0.39, 0.29) is 24.0 Å². The Bertz CT molecular complexity index is 1210. The van der Waals surface area contributed by atoms with E-state index in [9.17, 15) is 13.2 Å². The number of benzene rings is 3. The van der Waals surface area contributed by atoms with Gasteiger partial charge in [0.05, 0.1) is 12.0 Å². The summed E-state index contributed by atoms with van der Waals surface area (Å²) in [6, 6.07) is 24.0. The molecular weight excluding hydrogens is 476 g/mol. The Morgan fingerprint density at radius 2 is 1.50 bits per heavy atom. The van der Waals surface area contributed by atoms with E-state index in [1.165, 1.54) is 23.5 Å². The van der Waals surface area contributed by atoms with Crippen molar-refractivity contribution in [1.82, 2.24) is 9.62 Å². The van der Waals surface area contributed by atoms with Crippen LogP contribution in [-0.2, 0) is 32.7 Å². The fourth-order valence-corrected chi connectivity index (χ4v) is 6.13. The minimum atomic E-state index is -4.04. The van der Waals surface area contributed by atoms with Crippen LogP contribution in [0.3, 0.4) is 0 Å². The summed E-state index contributed by atoms with van der Waals surface area (Å²) in [5.74, 6) is -0.147. The summed E-state index contributed by atoms with van der Waals surface area (Å²) < 4.78 is 40.4. The minimum Gasteiger partial charge on any atom is -0.497 e. The van der Waals surface area contributed by atoms with E-state index in [0.29, 0.717) is 18.6 Å². The molecule has 0 saturated carbocycles. The maximum atomic E-state index is 14.1. The molecule has 4 rings (SSSR count). The van der Waals surface area contributed by atoms with Crippen LogP contribution in [0.5, 0.6) is 5.75 Å². The van der Waals surface area contributed by atoms with E-state index in [1.807, 2.05) is 60.7 Å². The Kier molecular flexibility index (Phi) is 8.74. The highest BCUT2D eigenvalue weighted by molar-refractivity contribution is 7.89. The van der Waals surface area contributed by atoms with Crippen molar-refractivity contribution in [2.24, 2.45) is 5.92 Å². The van der Waals surface area contributed by atoms with Gasteiger partial charge >= 0.3 is 5.97 Å². The Morgan fingerprint density at radius 1 is 0.917 bits per heavy atom. The number of sulfonamides is 1. The third kappa shape index (κ3) is 6.32. The molecule has 0 amide bonds. The molecule has 1 atom stereocenters. The first-order chi connectivity index (χ1) is 17.5. The van der Waals surface area contributed by atoms with Crippen LogP contribution >= 0.6 is 0 Å². The monoisotopic (exact) mass is 508 g/mol. The van der Waals surface area contributed by atoms with Crippen molar-refractivity contribution in [3.8, 4) is 5.75 Å². The molecule has 0 radical (unpaired) electrons. The van der Waals surface area contributed by atoms with Crippen LogP contribution in [0.2, 0.25) is 0 Å². The van der Waals surface area contributed by atoms with Crippen molar-refractivity contribution >= 4 is 16.0 Å². The van der Waals surface area contributed by atoms with E-state index in [0.717, 1.165) is 24.2 Å². The predicted molar refractivity (Wildman–Crippen MR) is 138 cm³/mol. The Hall–Kier alpha value is -3.20. The molecule has 1 aliphatic heterocycles. The van der Waals surface area contributed by atoms with E-state index in [2.05, 4.69) is 5.32 Å². The van der Waals surface area contributed by atoms with Gasteiger partial charge in [0.25, 0.3) is 0 Å². The molecule has 36 heavy (non-hydrogen) atoms. The maximum Gasteiger partial charge on any atom is 0.325 e. The first-order valence-corrected chi connectivity index (χ1v) is 13.5. The zero-order valence-electron chi connectivity index (χ0n) is 20.4. The zero-order chi connectivity index (χ0) is 25.4. The quantitative estimate of drug-likeness (QED) is 0.417. The number of rotatable bonds is 10. The average molecular weight is 509 g/mol. The lowest BCUT2D eigenvalue weighted by Crippen LogP contribution is -2.51. The highest BCUT2D eigenvalue weighted by Crippen LogP contribution is 2.30. The summed E-state index contributed by atoms with van der Waals surface area (Å²) in [7, 11) is -2.52. The Labute approximate surface area is 213 Å². The van der Waals surface area contributed by atoms with Crippen LogP contribution in [-0.4, -0.2) is 44.9 Å². The lowest BCUT2D eigenvalue weighted by molar-refractivity contribution is -0.152. The largest absolute Gasteiger partial charge is 0.497 e. The Balaban J connectivity index is 1.72. The third-order valence-corrected chi connectivity index (χ3v) is 8.29. The van der Waals surface area contributed by atoms with Gasteiger partial charge in [-0.1, -0.05) is 60.7 Å². The van der Waals surface area contributed by atoms with Crippen molar-refractivity contribution in [2.45, 2.75) is 36.9 Å². The lowest BCUT2D eigenvalue weighted by atomic mass is 9.90. The highest BCUT2D eigenvalue weighted by atomic mass is 32.2. The number of hydrogen-bond donors (Lipinski definition) is 1. The van der Waals surface area contributed by atoms with Gasteiger partial charge in [0.2, 0.25) is 10.0 Å². The number of esters is 1. The van der Waals surface area contributed by atoms with Gasteiger partial charge in [-0.3, -0.25) is 4.79 Å². The van der Waals surface area contributed by atoms with Crippen LogP contribution in [0.1, 0.15) is 24.0 Å². The molecule has 1 heterocycles. The van der Waals surface area contributed by atoms with Crippen LogP contribution in [0, 0.1) is 5.92 Å². The second-order valence-electron chi connectivity index (χ2n) is 8.84. The second-order valence-corrected chi connectivity index (χ2v) is 10.7. The molecule has 1 unspecified atom stereocenters. The van der Waals surface area contributed by atoms with E-state index < -0.39 is 22.0 Å². The first kappa shape index (κ1) is 25.9. The molecule has 8 heteroatoms. The molecule has 0 aliphatic carbocycles. The zero-order valence-corrected chi connectivity index (χ0v) is 21.2. The van der Waals surface area contributed by atoms with Gasteiger partial charge in [-0.15, -0.1) is 0 Å². The number of piperidine rings is 1. The highest BCUT2D eigenvalue weighted by Gasteiger charge is 2.42. The molecule has 1 saturated heterocycles. The van der Waals surface area contributed by atoms with Crippen molar-refractivity contribution in [2.75, 3.05) is 20.2 Å². The number of carbonyl (C=O) groups is 1. The smallest absolute Gasteiger partial charge is 0.325 e. The summed E-state index contributed by atoms with van der Waals surface area (Å²) in [6.45, 7) is 1.58. The van der Waals surface area contributed by atoms with Gasteiger partial charge in [-0.05, 0) is 67.2 Å². The summed E-state index contributed by atoms with van der Waals surface area (Å²) >= 11 is 0. The van der Waals surface area contributed by atoms with Crippen molar-refractivity contribution in [3.63, 3.8) is 0 Å². The second kappa shape index (κ2) is 12.2. The number of hydrogen-bond acceptors (Lipinski definition) is 6. The Morgan fingerprint density at radius 3 is 2.08 bits per heavy atom. The molecule has 3 aromatic carbocycles. The molecule has 190 valence electrons. The summed E-state index contributed by atoms with van der Waals surface area (Å²) in [4.78, 5) is 13.8. The third-order valence-electron chi connectivity index (χ3n) is 6.45. The number of carbonyl (C=O) groups excluding carboxylic acids is 1. The SMILES string of the molecule is COc1ccc(S(=O)(=O)N(Cc2ccccc2)C(C(=O)OCc2ccccc2)C2CCNCC2)cc1.